The lowest BCUT2D eigenvalue weighted by atomic mass is 10.0. The van der Waals surface area contributed by atoms with Crippen LogP contribution in [0.5, 0.6) is 0 Å². The fourth-order valence-corrected chi connectivity index (χ4v) is 2.74. The summed E-state index contributed by atoms with van der Waals surface area (Å²) in [6, 6.07) is 6.43. The highest BCUT2D eigenvalue weighted by molar-refractivity contribution is 5.80. The van der Waals surface area contributed by atoms with Gasteiger partial charge in [0.25, 0.3) is 0 Å². The summed E-state index contributed by atoms with van der Waals surface area (Å²) in [5, 5.41) is 13.3. The first kappa shape index (κ1) is 12.2. The van der Waals surface area contributed by atoms with E-state index >= 15 is 0 Å². The van der Waals surface area contributed by atoms with E-state index in [1.807, 2.05) is 19.3 Å². The Morgan fingerprint density at radius 1 is 1.53 bits per heavy atom. The average Bonchev–Trinajstić information content (AvgIpc) is 3.09. The predicted octanol–water partition coefficient (Wildman–Crippen LogP) is 2.45. The molecule has 1 N–H and O–H groups in total. The lowest BCUT2D eigenvalue weighted by Gasteiger charge is -2.12. The summed E-state index contributed by atoms with van der Waals surface area (Å²) in [4.78, 5) is 4.51. The second kappa shape index (κ2) is 4.67. The Bertz CT molecular complexity index is 631. The first-order valence-electron chi connectivity index (χ1n) is 6.72. The summed E-state index contributed by atoms with van der Waals surface area (Å²) < 4.78 is 2.23. The van der Waals surface area contributed by atoms with Gasteiger partial charge in [0.15, 0.2) is 0 Å². The Morgan fingerprint density at radius 3 is 3.05 bits per heavy atom. The van der Waals surface area contributed by atoms with Gasteiger partial charge in [0.05, 0.1) is 6.07 Å². The van der Waals surface area contributed by atoms with Crippen molar-refractivity contribution in [3.63, 3.8) is 0 Å². The van der Waals surface area contributed by atoms with E-state index in [0.717, 1.165) is 31.6 Å². The topological polar surface area (TPSA) is 53.6 Å². The highest BCUT2D eigenvalue weighted by Crippen LogP contribution is 2.50. The molecule has 0 atom stereocenters. The molecule has 1 fully saturated rings. The van der Waals surface area contributed by atoms with Gasteiger partial charge < -0.3 is 9.88 Å². The van der Waals surface area contributed by atoms with E-state index in [-0.39, 0.29) is 5.41 Å². The van der Waals surface area contributed by atoms with Gasteiger partial charge in [-0.1, -0.05) is 0 Å². The molecular weight excluding hydrogens is 236 g/mol. The molecule has 0 aliphatic heterocycles. The average molecular weight is 254 g/mol. The summed E-state index contributed by atoms with van der Waals surface area (Å²) in [7, 11) is 1.96. The number of rotatable bonds is 5. The fourth-order valence-electron chi connectivity index (χ4n) is 2.74. The minimum absolute atomic E-state index is 0.204. The SMILES string of the molecule is CNCc1cn(CC2(CC#N)CC2)c2ncccc12. The van der Waals surface area contributed by atoms with Crippen LogP contribution in [-0.4, -0.2) is 16.6 Å². The van der Waals surface area contributed by atoms with Crippen LogP contribution in [0.1, 0.15) is 24.8 Å². The quantitative estimate of drug-likeness (QED) is 0.891. The van der Waals surface area contributed by atoms with Crippen molar-refractivity contribution in [2.24, 2.45) is 5.41 Å². The number of hydrogen-bond donors (Lipinski definition) is 1. The van der Waals surface area contributed by atoms with E-state index in [0.29, 0.717) is 6.42 Å². The van der Waals surface area contributed by atoms with Crippen LogP contribution in [0.2, 0.25) is 0 Å². The van der Waals surface area contributed by atoms with Crippen LogP contribution < -0.4 is 5.32 Å². The number of fused-ring (bicyclic) bond motifs is 1. The van der Waals surface area contributed by atoms with Gasteiger partial charge in [0, 0.05) is 42.7 Å². The largest absolute Gasteiger partial charge is 0.332 e. The van der Waals surface area contributed by atoms with E-state index < -0.39 is 0 Å². The molecular formula is C15H18N4. The van der Waals surface area contributed by atoms with Crippen molar-refractivity contribution < 1.29 is 0 Å². The van der Waals surface area contributed by atoms with Crippen LogP contribution >= 0.6 is 0 Å². The van der Waals surface area contributed by atoms with Crippen molar-refractivity contribution in [3.05, 3.63) is 30.1 Å². The van der Waals surface area contributed by atoms with Gasteiger partial charge in [-0.2, -0.15) is 5.26 Å². The Balaban J connectivity index is 1.97. The van der Waals surface area contributed by atoms with E-state index in [4.69, 9.17) is 5.26 Å². The molecule has 4 nitrogen and oxygen atoms in total. The van der Waals surface area contributed by atoms with Gasteiger partial charge >= 0.3 is 0 Å². The summed E-state index contributed by atoms with van der Waals surface area (Å²) in [5.41, 5.74) is 2.52. The van der Waals surface area contributed by atoms with Crippen molar-refractivity contribution in [1.82, 2.24) is 14.9 Å². The van der Waals surface area contributed by atoms with Crippen LogP contribution in [0.3, 0.4) is 0 Å². The molecule has 2 aromatic rings. The molecule has 0 radical (unpaired) electrons. The highest BCUT2D eigenvalue weighted by Gasteiger charge is 2.43. The van der Waals surface area contributed by atoms with Crippen LogP contribution in [0, 0.1) is 16.7 Å². The van der Waals surface area contributed by atoms with Gasteiger partial charge in [0.1, 0.15) is 5.65 Å². The Hall–Kier alpha value is -1.86. The second-order valence-electron chi connectivity index (χ2n) is 5.52. The smallest absolute Gasteiger partial charge is 0.140 e. The zero-order chi connectivity index (χ0) is 13.3. The molecule has 1 aliphatic carbocycles. The number of nitriles is 1. The summed E-state index contributed by atoms with van der Waals surface area (Å²) >= 11 is 0. The second-order valence-corrected chi connectivity index (χ2v) is 5.52. The number of nitrogens with zero attached hydrogens (tertiary/aromatic N) is 3. The number of nitrogens with one attached hydrogen (secondary N) is 1. The predicted molar refractivity (Wildman–Crippen MR) is 74.4 cm³/mol. The Labute approximate surface area is 113 Å². The molecule has 0 amide bonds. The van der Waals surface area contributed by atoms with Crippen LogP contribution in [0.25, 0.3) is 11.0 Å². The fraction of sp³-hybridized carbons (Fsp3) is 0.467. The summed E-state index contributed by atoms with van der Waals surface area (Å²) in [5.74, 6) is 0. The zero-order valence-electron chi connectivity index (χ0n) is 11.2. The molecule has 98 valence electrons. The first-order valence-corrected chi connectivity index (χ1v) is 6.72. The molecule has 0 aromatic carbocycles. The highest BCUT2D eigenvalue weighted by atomic mass is 15.0. The number of aromatic nitrogens is 2. The van der Waals surface area contributed by atoms with Gasteiger partial charge in [0.2, 0.25) is 0 Å². The van der Waals surface area contributed by atoms with Crippen molar-refractivity contribution in [3.8, 4) is 6.07 Å². The lowest BCUT2D eigenvalue weighted by Crippen LogP contribution is -2.11. The molecule has 2 aromatic heterocycles. The van der Waals surface area contributed by atoms with Crippen molar-refractivity contribution >= 4 is 11.0 Å². The summed E-state index contributed by atoms with van der Waals surface area (Å²) in [6.45, 7) is 1.76. The van der Waals surface area contributed by atoms with Gasteiger partial charge in [-0.3, -0.25) is 0 Å². The summed E-state index contributed by atoms with van der Waals surface area (Å²) in [6.07, 6.45) is 7.00. The normalized spacial score (nSPS) is 16.4. The minimum Gasteiger partial charge on any atom is -0.332 e. The van der Waals surface area contributed by atoms with Crippen LogP contribution in [0.4, 0.5) is 0 Å². The molecule has 0 bridgehead atoms. The maximum absolute atomic E-state index is 8.94. The van der Waals surface area contributed by atoms with Crippen molar-refractivity contribution in [2.75, 3.05) is 7.05 Å². The van der Waals surface area contributed by atoms with Gasteiger partial charge in [-0.25, -0.2) is 4.98 Å². The molecule has 1 saturated carbocycles. The zero-order valence-corrected chi connectivity index (χ0v) is 11.2. The molecule has 1 aliphatic rings. The minimum atomic E-state index is 0.204. The molecule has 4 heteroatoms. The Kier molecular flexibility index (Phi) is 3.00. The number of hydrogen-bond acceptors (Lipinski definition) is 3. The van der Waals surface area contributed by atoms with Crippen LogP contribution in [0.15, 0.2) is 24.5 Å². The third-order valence-corrected chi connectivity index (χ3v) is 4.00. The van der Waals surface area contributed by atoms with E-state index in [2.05, 4.69) is 33.2 Å². The Morgan fingerprint density at radius 2 is 2.37 bits per heavy atom. The lowest BCUT2D eigenvalue weighted by molar-refractivity contribution is 0.438. The van der Waals surface area contributed by atoms with E-state index in [9.17, 15) is 0 Å². The molecule has 3 rings (SSSR count). The molecule has 0 spiro atoms. The molecule has 19 heavy (non-hydrogen) atoms. The van der Waals surface area contributed by atoms with E-state index in [1.165, 1.54) is 10.9 Å². The molecule has 0 unspecified atom stereocenters. The van der Waals surface area contributed by atoms with Gasteiger partial charge in [-0.05, 0) is 37.6 Å². The molecule has 2 heterocycles. The maximum Gasteiger partial charge on any atom is 0.140 e. The van der Waals surface area contributed by atoms with Crippen LogP contribution in [-0.2, 0) is 13.1 Å². The third kappa shape index (κ3) is 2.22. The number of pyridine rings is 1. The maximum atomic E-state index is 8.94. The first-order chi connectivity index (χ1) is 9.28. The van der Waals surface area contributed by atoms with Gasteiger partial charge in [-0.15, -0.1) is 0 Å². The third-order valence-electron chi connectivity index (χ3n) is 4.00. The van der Waals surface area contributed by atoms with Crippen molar-refractivity contribution in [2.45, 2.75) is 32.4 Å². The van der Waals surface area contributed by atoms with Crippen molar-refractivity contribution in [1.29, 1.82) is 5.26 Å². The standard InChI is InChI=1S/C15H18N4/c1-17-9-12-10-19(11-15(4-5-15)6-7-16)14-13(12)3-2-8-18-14/h2-3,8,10,17H,4-6,9,11H2,1H3. The monoisotopic (exact) mass is 254 g/mol. The van der Waals surface area contributed by atoms with E-state index in [1.54, 1.807) is 0 Å². The molecule has 0 saturated heterocycles.